The van der Waals surface area contributed by atoms with E-state index < -0.39 is 17.5 Å². The maximum absolute atomic E-state index is 12.9. The first kappa shape index (κ1) is 20.9. The van der Waals surface area contributed by atoms with Crippen LogP contribution in [0.5, 0.6) is 0 Å². The van der Waals surface area contributed by atoms with Gasteiger partial charge in [-0.15, -0.1) is 11.3 Å². The molecular weight excluding hydrogens is 446 g/mol. The Morgan fingerprint density at radius 2 is 1.94 bits per heavy atom. The van der Waals surface area contributed by atoms with Gasteiger partial charge < -0.3 is 5.32 Å². The normalized spacial score (nSPS) is 17.7. The second-order valence-corrected chi connectivity index (χ2v) is 9.80. The Bertz CT molecular complexity index is 1190. The molecule has 32 heavy (non-hydrogen) atoms. The fraction of sp³-hybridized carbons (Fsp3) is 0.318. The summed E-state index contributed by atoms with van der Waals surface area (Å²) in [6.07, 6.45) is 4.04. The largest absolute Gasteiger partial charge is 0.344 e. The predicted molar refractivity (Wildman–Crippen MR) is 123 cm³/mol. The van der Waals surface area contributed by atoms with Crippen molar-refractivity contribution in [2.75, 3.05) is 5.75 Å². The molecule has 3 aromatic rings. The zero-order chi connectivity index (χ0) is 22.1. The molecule has 0 unspecified atom stereocenters. The highest BCUT2D eigenvalue weighted by Crippen LogP contribution is 2.33. The number of rotatable bonds is 5. The number of carbonyl (C=O) groups excluding carboxylic acids is 3. The standard InChI is InChI=1S/C22H21N5O3S2/c28-17(26-27-20(29)22(25-21(27)30)10-4-1-5-11-22)13-32-19-14-7-2-3-8-15(14)23-18(24-19)16-9-6-12-31-16/h2-3,6-9,12H,1,4-5,10-11,13H2,(H,25,30)(H,26,28). The number of para-hydroxylation sites is 1. The van der Waals surface area contributed by atoms with Crippen LogP contribution in [0.3, 0.4) is 0 Å². The second-order valence-electron chi connectivity index (χ2n) is 7.88. The quantitative estimate of drug-likeness (QED) is 0.337. The van der Waals surface area contributed by atoms with Gasteiger partial charge in [-0.1, -0.05) is 55.3 Å². The van der Waals surface area contributed by atoms with E-state index in [4.69, 9.17) is 0 Å². The van der Waals surface area contributed by atoms with E-state index in [9.17, 15) is 14.4 Å². The molecule has 3 heterocycles. The first-order chi connectivity index (χ1) is 15.6. The summed E-state index contributed by atoms with van der Waals surface area (Å²) < 4.78 is 0. The van der Waals surface area contributed by atoms with Crippen LogP contribution in [0.1, 0.15) is 32.1 Å². The van der Waals surface area contributed by atoms with E-state index in [1.54, 1.807) is 11.3 Å². The van der Waals surface area contributed by atoms with Gasteiger partial charge in [0.15, 0.2) is 5.82 Å². The van der Waals surface area contributed by atoms with Gasteiger partial charge in [0.25, 0.3) is 5.91 Å². The van der Waals surface area contributed by atoms with Crippen molar-refractivity contribution in [1.82, 2.24) is 25.7 Å². The van der Waals surface area contributed by atoms with Crippen molar-refractivity contribution in [3.8, 4) is 10.7 Å². The van der Waals surface area contributed by atoms with Crippen LogP contribution in [0.2, 0.25) is 0 Å². The van der Waals surface area contributed by atoms with E-state index in [1.807, 2.05) is 41.8 Å². The number of hydrazine groups is 1. The van der Waals surface area contributed by atoms with Crippen LogP contribution >= 0.6 is 23.1 Å². The van der Waals surface area contributed by atoms with Gasteiger partial charge >= 0.3 is 6.03 Å². The van der Waals surface area contributed by atoms with Gasteiger partial charge in [-0.05, 0) is 30.4 Å². The molecule has 1 saturated carbocycles. The van der Waals surface area contributed by atoms with Crippen molar-refractivity contribution in [3.63, 3.8) is 0 Å². The lowest BCUT2D eigenvalue weighted by Crippen LogP contribution is -2.51. The van der Waals surface area contributed by atoms with Gasteiger partial charge in [0.1, 0.15) is 10.6 Å². The molecule has 8 nitrogen and oxygen atoms in total. The number of nitrogens with zero attached hydrogens (tertiary/aromatic N) is 3. The fourth-order valence-corrected chi connectivity index (χ4v) is 5.65. The number of imide groups is 1. The topological polar surface area (TPSA) is 104 Å². The number of aromatic nitrogens is 2. The van der Waals surface area contributed by atoms with Crippen molar-refractivity contribution in [1.29, 1.82) is 0 Å². The molecule has 2 aliphatic rings. The van der Waals surface area contributed by atoms with Gasteiger partial charge in [0.05, 0.1) is 16.1 Å². The van der Waals surface area contributed by atoms with Crippen LogP contribution in [0, 0.1) is 0 Å². The molecule has 2 N–H and O–H groups in total. The average molecular weight is 468 g/mol. The lowest BCUT2D eigenvalue weighted by Gasteiger charge is -2.30. The summed E-state index contributed by atoms with van der Waals surface area (Å²) in [5.74, 6) is -0.190. The number of nitrogens with one attached hydrogen (secondary N) is 2. The van der Waals surface area contributed by atoms with Crippen molar-refractivity contribution in [2.24, 2.45) is 0 Å². The highest BCUT2D eigenvalue weighted by molar-refractivity contribution is 8.00. The molecule has 0 bridgehead atoms. The van der Waals surface area contributed by atoms with Gasteiger partial charge in [0, 0.05) is 5.39 Å². The molecule has 2 fully saturated rings. The van der Waals surface area contributed by atoms with E-state index in [0.717, 1.165) is 40.1 Å². The number of fused-ring (bicyclic) bond motifs is 1. The molecule has 1 aliphatic heterocycles. The average Bonchev–Trinajstić information content (AvgIpc) is 3.42. The van der Waals surface area contributed by atoms with Crippen LogP contribution in [0.4, 0.5) is 4.79 Å². The Kier molecular flexibility index (Phi) is 5.56. The lowest BCUT2D eigenvalue weighted by molar-refractivity contribution is -0.139. The minimum Gasteiger partial charge on any atom is -0.322 e. The van der Waals surface area contributed by atoms with E-state index in [1.165, 1.54) is 11.8 Å². The Labute approximate surface area is 192 Å². The summed E-state index contributed by atoms with van der Waals surface area (Å²) in [5.41, 5.74) is 2.41. The molecule has 2 aromatic heterocycles. The van der Waals surface area contributed by atoms with Crippen molar-refractivity contribution in [2.45, 2.75) is 42.7 Å². The number of hydrogen-bond donors (Lipinski definition) is 2. The van der Waals surface area contributed by atoms with Gasteiger partial charge in [0.2, 0.25) is 5.91 Å². The minimum atomic E-state index is -0.867. The molecular formula is C22H21N5O3S2. The Morgan fingerprint density at radius 3 is 2.72 bits per heavy atom. The van der Waals surface area contributed by atoms with Gasteiger partial charge in [-0.2, -0.15) is 5.01 Å². The smallest absolute Gasteiger partial charge is 0.322 e. The molecule has 5 rings (SSSR count). The second kappa shape index (κ2) is 8.51. The Hall–Kier alpha value is -2.98. The maximum atomic E-state index is 12.9. The maximum Gasteiger partial charge on any atom is 0.344 e. The molecule has 0 atom stereocenters. The Balaban J connectivity index is 1.31. The van der Waals surface area contributed by atoms with E-state index >= 15 is 0 Å². The summed E-state index contributed by atoms with van der Waals surface area (Å²) >= 11 is 2.80. The summed E-state index contributed by atoms with van der Waals surface area (Å²) in [7, 11) is 0. The van der Waals surface area contributed by atoms with Crippen molar-refractivity contribution in [3.05, 3.63) is 41.8 Å². The third-order valence-corrected chi connectivity index (χ3v) is 7.61. The first-order valence-electron chi connectivity index (χ1n) is 10.5. The van der Waals surface area contributed by atoms with Crippen molar-refractivity contribution < 1.29 is 14.4 Å². The zero-order valence-corrected chi connectivity index (χ0v) is 18.8. The van der Waals surface area contributed by atoms with Gasteiger partial charge in [-0.3, -0.25) is 15.0 Å². The molecule has 4 amide bonds. The van der Waals surface area contributed by atoms with Crippen LogP contribution in [0.25, 0.3) is 21.6 Å². The number of benzene rings is 1. The van der Waals surface area contributed by atoms with Crippen LogP contribution in [-0.4, -0.2) is 44.1 Å². The van der Waals surface area contributed by atoms with Crippen LogP contribution in [0.15, 0.2) is 46.8 Å². The summed E-state index contributed by atoms with van der Waals surface area (Å²) in [6.45, 7) is 0. The summed E-state index contributed by atoms with van der Waals surface area (Å²) in [5, 5.41) is 7.12. The SMILES string of the molecule is O=C(CSc1nc(-c2cccs2)nc2ccccc12)NN1C(=O)NC2(CCCCC2)C1=O. The molecule has 164 valence electrons. The van der Waals surface area contributed by atoms with Crippen molar-refractivity contribution >= 4 is 51.8 Å². The first-order valence-corrected chi connectivity index (χ1v) is 12.3. The third kappa shape index (κ3) is 3.84. The number of thioether (sulfide) groups is 1. The highest BCUT2D eigenvalue weighted by atomic mass is 32.2. The number of carbonyl (C=O) groups is 3. The Morgan fingerprint density at radius 1 is 1.12 bits per heavy atom. The lowest BCUT2D eigenvalue weighted by atomic mass is 9.82. The number of amides is 4. The van der Waals surface area contributed by atoms with E-state index in [2.05, 4.69) is 20.7 Å². The molecule has 10 heteroatoms. The number of hydrogen-bond acceptors (Lipinski definition) is 7. The molecule has 1 aliphatic carbocycles. The fourth-order valence-electron chi connectivity index (χ4n) is 4.18. The predicted octanol–water partition coefficient (Wildman–Crippen LogP) is 3.74. The summed E-state index contributed by atoms with van der Waals surface area (Å²) in [6, 6.07) is 11.0. The van der Waals surface area contributed by atoms with Gasteiger partial charge in [-0.25, -0.2) is 14.8 Å². The number of thiophene rings is 1. The van der Waals surface area contributed by atoms with Crippen LogP contribution < -0.4 is 10.7 Å². The molecule has 1 spiro atoms. The monoisotopic (exact) mass is 467 g/mol. The van der Waals surface area contributed by atoms with Crippen LogP contribution in [-0.2, 0) is 9.59 Å². The zero-order valence-electron chi connectivity index (χ0n) is 17.2. The molecule has 1 aromatic carbocycles. The summed E-state index contributed by atoms with van der Waals surface area (Å²) in [4.78, 5) is 48.1. The highest BCUT2D eigenvalue weighted by Gasteiger charge is 2.52. The van der Waals surface area contributed by atoms with E-state index in [0.29, 0.717) is 23.7 Å². The van der Waals surface area contributed by atoms with E-state index in [-0.39, 0.29) is 11.7 Å². The number of urea groups is 1. The molecule has 1 saturated heterocycles. The molecule has 0 radical (unpaired) electrons. The minimum absolute atomic E-state index is 0.00888. The third-order valence-electron chi connectivity index (χ3n) is 5.76.